The van der Waals surface area contributed by atoms with E-state index in [-0.39, 0.29) is 0 Å². The molecule has 112 valence electrons. The second-order valence-corrected chi connectivity index (χ2v) is 5.34. The van der Waals surface area contributed by atoms with E-state index in [0.717, 1.165) is 16.4 Å². The van der Waals surface area contributed by atoms with Gasteiger partial charge in [0.15, 0.2) is 5.82 Å². The Morgan fingerprint density at radius 2 is 1.95 bits per heavy atom. The fraction of sp³-hybridized carbons (Fsp3) is 0.333. The zero-order valence-corrected chi connectivity index (χ0v) is 13.5. The quantitative estimate of drug-likeness (QED) is 0.753. The van der Waals surface area contributed by atoms with E-state index in [9.17, 15) is 0 Å². The van der Waals surface area contributed by atoms with Gasteiger partial charge in [0, 0.05) is 31.3 Å². The SMILES string of the molecule is CCOCc1nc(Cl)cc(N(C)Cc2ccccc2Cl)n1. The van der Waals surface area contributed by atoms with Crippen molar-refractivity contribution in [2.45, 2.75) is 20.1 Å². The molecule has 4 nitrogen and oxygen atoms in total. The van der Waals surface area contributed by atoms with Crippen molar-refractivity contribution in [3.63, 3.8) is 0 Å². The van der Waals surface area contributed by atoms with Crippen LogP contribution in [0, 0.1) is 0 Å². The topological polar surface area (TPSA) is 38.2 Å². The molecule has 6 heteroatoms. The molecule has 1 heterocycles. The highest BCUT2D eigenvalue weighted by Gasteiger charge is 2.10. The van der Waals surface area contributed by atoms with Crippen molar-refractivity contribution in [2.24, 2.45) is 0 Å². The summed E-state index contributed by atoms with van der Waals surface area (Å²) in [5.41, 5.74) is 1.03. The molecular weight excluding hydrogens is 309 g/mol. The predicted octanol–water partition coefficient (Wildman–Crippen LogP) is 3.96. The highest BCUT2D eigenvalue weighted by molar-refractivity contribution is 6.31. The average molecular weight is 326 g/mol. The number of benzene rings is 1. The van der Waals surface area contributed by atoms with E-state index in [1.54, 1.807) is 6.07 Å². The van der Waals surface area contributed by atoms with Gasteiger partial charge in [-0.3, -0.25) is 0 Å². The molecule has 21 heavy (non-hydrogen) atoms. The molecule has 0 fully saturated rings. The molecule has 0 atom stereocenters. The molecule has 1 aromatic carbocycles. The Morgan fingerprint density at radius 1 is 1.19 bits per heavy atom. The number of aromatic nitrogens is 2. The predicted molar refractivity (Wildman–Crippen MR) is 85.9 cm³/mol. The number of hydrogen-bond acceptors (Lipinski definition) is 4. The maximum atomic E-state index is 6.18. The first-order chi connectivity index (χ1) is 10.1. The van der Waals surface area contributed by atoms with Crippen LogP contribution in [0.15, 0.2) is 30.3 Å². The van der Waals surface area contributed by atoms with E-state index >= 15 is 0 Å². The van der Waals surface area contributed by atoms with Crippen molar-refractivity contribution in [3.05, 3.63) is 51.9 Å². The van der Waals surface area contributed by atoms with Crippen LogP contribution < -0.4 is 4.90 Å². The highest BCUT2D eigenvalue weighted by Crippen LogP contribution is 2.21. The second kappa shape index (κ2) is 7.59. The van der Waals surface area contributed by atoms with Crippen LogP contribution >= 0.6 is 23.2 Å². The van der Waals surface area contributed by atoms with E-state index in [2.05, 4.69) is 9.97 Å². The standard InChI is InChI=1S/C15H17Cl2N3O/c1-3-21-10-14-18-13(17)8-15(19-14)20(2)9-11-6-4-5-7-12(11)16/h4-8H,3,9-10H2,1-2H3. The minimum atomic E-state index is 0.351. The molecule has 2 rings (SSSR count). The van der Waals surface area contributed by atoms with Gasteiger partial charge in [-0.25, -0.2) is 9.97 Å². The zero-order valence-electron chi connectivity index (χ0n) is 12.0. The molecule has 0 radical (unpaired) electrons. The Balaban J connectivity index is 2.16. The first-order valence-corrected chi connectivity index (χ1v) is 7.41. The molecule has 0 N–H and O–H groups in total. The van der Waals surface area contributed by atoms with Crippen molar-refractivity contribution >= 4 is 29.0 Å². The van der Waals surface area contributed by atoms with Crippen LogP contribution in [0.4, 0.5) is 5.82 Å². The van der Waals surface area contributed by atoms with Crippen LogP contribution in [0.5, 0.6) is 0 Å². The number of halogens is 2. The van der Waals surface area contributed by atoms with E-state index in [4.69, 9.17) is 27.9 Å². The summed E-state index contributed by atoms with van der Waals surface area (Å²) in [5.74, 6) is 1.31. The van der Waals surface area contributed by atoms with Gasteiger partial charge in [0.2, 0.25) is 0 Å². The van der Waals surface area contributed by atoms with Crippen molar-refractivity contribution in [1.82, 2.24) is 9.97 Å². The summed E-state index contributed by atoms with van der Waals surface area (Å²) in [6, 6.07) is 9.46. The van der Waals surface area contributed by atoms with Crippen molar-refractivity contribution in [3.8, 4) is 0 Å². The molecule has 0 aliphatic heterocycles. The van der Waals surface area contributed by atoms with Gasteiger partial charge in [-0.2, -0.15) is 0 Å². The molecule has 1 aromatic heterocycles. The van der Waals surface area contributed by atoms with Crippen LogP contribution in [0.3, 0.4) is 0 Å². The van der Waals surface area contributed by atoms with Gasteiger partial charge in [-0.15, -0.1) is 0 Å². The molecule has 2 aromatic rings. The maximum absolute atomic E-state index is 6.18. The summed E-state index contributed by atoms with van der Waals surface area (Å²) in [6.07, 6.45) is 0. The van der Waals surface area contributed by atoms with Crippen LogP contribution in [0.2, 0.25) is 10.2 Å². The van der Waals surface area contributed by atoms with Gasteiger partial charge in [0.1, 0.15) is 17.6 Å². The summed E-state index contributed by atoms with van der Waals surface area (Å²) in [5, 5.41) is 1.14. The second-order valence-electron chi connectivity index (χ2n) is 4.55. The summed E-state index contributed by atoms with van der Waals surface area (Å²) in [4.78, 5) is 10.6. The van der Waals surface area contributed by atoms with Crippen LogP contribution in [-0.2, 0) is 17.9 Å². The fourth-order valence-electron chi connectivity index (χ4n) is 1.87. The summed E-state index contributed by atoms with van der Waals surface area (Å²) in [6.45, 7) is 3.53. The minimum absolute atomic E-state index is 0.351. The minimum Gasteiger partial charge on any atom is -0.374 e. The normalized spacial score (nSPS) is 10.7. The average Bonchev–Trinajstić information content (AvgIpc) is 2.47. The lowest BCUT2D eigenvalue weighted by molar-refractivity contribution is 0.128. The molecule has 0 aliphatic carbocycles. The third-order valence-corrected chi connectivity index (χ3v) is 3.48. The lowest BCUT2D eigenvalue weighted by Crippen LogP contribution is -2.19. The third kappa shape index (κ3) is 4.56. The largest absolute Gasteiger partial charge is 0.374 e. The van der Waals surface area contributed by atoms with Crippen molar-refractivity contribution < 1.29 is 4.74 Å². The Bertz CT molecular complexity index is 607. The highest BCUT2D eigenvalue weighted by atomic mass is 35.5. The van der Waals surface area contributed by atoms with Gasteiger partial charge >= 0.3 is 0 Å². The molecule has 0 spiro atoms. The number of nitrogens with zero attached hydrogens (tertiary/aromatic N) is 3. The number of hydrogen-bond donors (Lipinski definition) is 0. The first kappa shape index (κ1) is 16.0. The number of anilines is 1. The van der Waals surface area contributed by atoms with E-state index in [1.807, 2.05) is 43.1 Å². The Hall–Kier alpha value is -1.36. The number of rotatable bonds is 6. The maximum Gasteiger partial charge on any atom is 0.158 e. The first-order valence-electron chi connectivity index (χ1n) is 6.66. The van der Waals surface area contributed by atoms with Crippen molar-refractivity contribution in [1.29, 1.82) is 0 Å². The van der Waals surface area contributed by atoms with E-state index in [0.29, 0.717) is 30.7 Å². The monoisotopic (exact) mass is 325 g/mol. The zero-order chi connectivity index (χ0) is 15.2. The van der Waals surface area contributed by atoms with E-state index < -0.39 is 0 Å². The molecule has 0 amide bonds. The Kier molecular flexibility index (Phi) is 5.79. The van der Waals surface area contributed by atoms with Crippen LogP contribution in [0.1, 0.15) is 18.3 Å². The van der Waals surface area contributed by atoms with Crippen molar-refractivity contribution in [2.75, 3.05) is 18.6 Å². The van der Waals surface area contributed by atoms with Gasteiger partial charge in [-0.1, -0.05) is 41.4 Å². The molecule has 0 unspecified atom stereocenters. The molecular formula is C15H17Cl2N3O. The van der Waals surface area contributed by atoms with Gasteiger partial charge in [0.25, 0.3) is 0 Å². The van der Waals surface area contributed by atoms with Gasteiger partial charge in [0.05, 0.1) is 0 Å². The lowest BCUT2D eigenvalue weighted by Gasteiger charge is -2.19. The fourth-order valence-corrected chi connectivity index (χ4v) is 2.26. The summed E-state index contributed by atoms with van der Waals surface area (Å²) in [7, 11) is 1.94. The summed E-state index contributed by atoms with van der Waals surface area (Å²) >= 11 is 12.2. The van der Waals surface area contributed by atoms with Crippen LogP contribution in [-0.4, -0.2) is 23.6 Å². The van der Waals surface area contributed by atoms with Gasteiger partial charge < -0.3 is 9.64 Å². The summed E-state index contributed by atoms with van der Waals surface area (Å²) < 4.78 is 5.32. The Labute approximate surface area is 134 Å². The molecule has 0 aliphatic rings. The smallest absolute Gasteiger partial charge is 0.158 e. The molecule has 0 bridgehead atoms. The Morgan fingerprint density at radius 3 is 2.67 bits per heavy atom. The lowest BCUT2D eigenvalue weighted by atomic mass is 10.2. The molecule has 0 saturated heterocycles. The molecule has 0 saturated carbocycles. The number of ether oxygens (including phenoxy) is 1. The van der Waals surface area contributed by atoms with Crippen LogP contribution in [0.25, 0.3) is 0 Å². The third-order valence-electron chi connectivity index (χ3n) is 2.92. The van der Waals surface area contributed by atoms with E-state index in [1.165, 1.54) is 0 Å². The van der Waals surface area contributed by atoms with Gasteiger partial charge in [-0.05, 0) is 18.6 Å².